The summed E-state index contributed by atoms with van der Waals surface area (Å²) in [6, 6.07) is 0.214. The second-order valence-electron chi connectivity index (χ2n) is 7.24. The van der Waals surface area contributed by atoms with Crippen molar-refractivity contribution in [1.29, 1.82) is 0 Å². The summed E-state index contributed by atoms with van der Waals surface area (Å²) in [6.45, 7) is 11.3. The van der Waals surface area contributed by atoms with E-state index in [-0.39, 0.29) is 6.04 Å². The first-order chi connectivity index (χ1) is 9.93. The standard InChI is InChI=1S/C20H33N/c1-13-14(2)16(4)20(17(5)15(13)3)19(21)12-18-10-8-6-7-9-11-18/h18-19H,6-12,21H2,1-5H3. The molecule has 1 fully saturated rings. The van der Waals surface area contributed by atoms with Gasteiger partial charge < -0.3 is 5.73 Å². The van der Waals surface area contributed by atoms with Gasteiger partial charge in [0.05, 0.1) is 0 Å². The third kappa shape index (κ3) is 3.51. The normalized spacial score (nSPS) is 18.6. The highest BCUT2D eigenvalue weighted by Gasteiger charge is 2.21. The molecule has 1 aromatic rings. The first kappa shape index (κ1) is 16.5. The van der Waals surface area contributed by atoms with E-state index in [1.807, 2.05) is 0 Å². The van der Waals surface area contributed by atoms with Crippen LogP contribution in [0.25, 0.3) is 0 Å². The summed E-state index contributed by atoms with van der Waals surface area (Å²) in [5.74, 6) is 0.836. The molecule has 21 heavy (non-hydrogen) atoms. The van der Waals surface area contributed by atoms with E-state index in [2.05, 4.69) is 34.6 Å². The Morgan fingerprint density at radius 1 is 0.762 bits per heavy atom. The van der Waals surface area contributed by atoms with Crippen molar-refractivity contribution in [2.45, 2.75) is 85.6 Å². The Balaban J connectivity index is 2.24. The molecular formula is C20H33N. The van der Waals surface area contributed by atoms with Gasteiger partial charge in [0.15, 0.2) is 0 Å². The summed E-state index contributed by atoms with van der Waals surface area (Å²) in [7, 11) is 0. The Hall–Kier alpha value is -0.820. The Morgan fingerprint density at radius 3 is 1.67 bits per heavy atom. The van der Waals surface area contributed by atoms with Gasteiger partial charge in [0.25, 0.3) is 0 Å². The molecule has 1 aromatic carbocycles. The van der Waals surface area contributed by atoms with Crippen molar-refractivity contribution < 1.29 is 0 Å². The molecule has 0 spiro atoms. The van der Waals surface area contributed by atoms with Crippen LogP contribution < -0.4 is 5.73 Å². The molecule has 0 heterocycles. The Bertz CT molecular complexity index is 464. The number of benzene rings is 1. The van der Waals surface area contributed by atoms with Gasteiger partial charge in [-0.25, -0.2) is 0 Å². The van der Waals surface area contributed by atoms with E-state index in [0.29, 0.717) is 0 Å². The van der Waals surface area contributed by atoms with Crippen LogP contribution in [-0.4, -0.2) is 0 Å². The predicted octanol–water partition coefficient (Wildman–Crippen LogP) is 5.59. The van der Waals surface area contributed by atoms with Crippen molar-refractivity contribution in [3.8, 4) is 0 Å². The number of nitrogens with two attached hydrogens (primary N) is 1. The molecule has 0 saturated heterocycles. The Kier molecular flexibility index (Phi) is 5.48. The fraction of sp³-hybridized carbons (Fsp3) is 0.700. The summed E-state index contributed by atoms with van der Waals surface area (Å²) in [5, 5.41) is 0. The predicted molar refractivity (Wildman–Crippen MR) is 92.9 cm³/mol. The van der Waals surface area contributed by atoms with Gasteiger partial charge in [-0.1, -0.05) is 38.5 Å². The molecule has 1 unspecified atom stereocenters. The van der Waals surface area contributed by atoms with Crippen LogP contribution in [0.1, 0.15) is 84.4 Å². The van der Waals surface area contributed by atoms with Gasteiger partial charge in [-0.2, -0.15) is 0 Å². The summed E-state index contributed by atoms with van der Waals surface area (Å²) in [6.07, 6.45) is 9.59. The molecule has 2 rings (SSSR count). The number of rotatable bonds is 3. The van der Waals surface area contributed by atoms with Crippen LogP contribution in [0.4, 0.5) is 0 Å². The molecule has 0 amide bonds. The van der Waals surface area contributed by atoms with Crippen molar-refractivity contribution in [2.75, 3.05) is 0 Å². The van der Waals surface area contributed by atoms with Crippen molar-refractivity contribution in [3.63, 3.8) is 0 Å². The van der Waals surface area contributed by atoms with Gasteiger partial charge in [0.2, 0.25) is 0 Å². The molecule has 0 aliphatic heterocycles. The molecular weight excluding hydrogens is 254 g/mol. The van der Waals surface area contributed by atoms with Crippen LogP contribution in [0.5, 0.6) is 0 Å². The molecule has 118 valence electrons. The zero-order valence-electron chi connectivity index (χ0n) is 14.7. The first-order valence-corrected chi connectivity index (χ1v) is 8.76. The minimum atomic E-state index is 0.214. The lowest BCUT2D eigenvalue weighted by molar-refractivity contribution is 0.391. The molecule has 1 nitrogen and oxygen atoms in total. The van der Waals surface area contributed by atoms with Crippen LogP contribution in [0.3, 0.4) is 0 Å². The highest BCUT2D eigenvalue weighted by atomic mass is 14.6. The second kappa shape index (κ2) is 6.96. The van der Waals surface area contributed by atoms with Crippen LogP contribution >= 0.6 is 0 Å². The highest BCUT2D eigenvalue weighted by molar-refractivity contribution is 5.50. The fourth-order valence-electron chi connectivity index (χ4n) is 4.16. The molecule has 1 heteroatoms. The molecule has 0 aromatic heterocycles. The van der Waals surface area contributed by atoms with E-state index in [9.17, 15) is 0 Å². The first-order valence-electron chi connectivity index (χ1n) is 8.76. The van der Waals surface area contributed by atoms with Crippen molar-refractivity contribution >= 4 is 0 Å². The molecule has 1 saturated carbocycles. The van der Waals surface area contributed by atoms with Gasteiger partial charge in [-0.05, 0) is 80.3 Å². The Morgan fingerprint density at radius 2 is 1.19 bits per heavy atom. The monoisotopic (exact) mass is 287 g/mol. The maximum Gasteiger partial charge on any atom is 0.0302 e. The van der Waals surface area contributed by atoms with Crippen molar-refractivity contribution in [1.82, 2.24) is 0 Å². The van der Waals surface area contributed by atoms with E-state index in [0.717, 1.165) is 5.92 Å². The smallest absolute Gasteiger partial charge is 0.0302 e. The van der Waals surface area contributed by atoms with E-state index in [1.165, 1.54) is 78.3 Å². The minimum Gasteiger partial charge on any atom is -0.324 e. The Labute approximate surface area is 131 Å². The molecule has 1 aliphatic rings. The van der Waals surface area contributed by atoms with E-state index < -0.39 is 0 Å². The quantitative estimate of drug-likeness (QED) is 0.721. The zero-order chi connectivity index (χ0) is 15.6. The highest BCUT2D eigenvalue weighted by Crippen LogP contribution is 2.35. The van der Waals surface area contributed by atoms with Gasteiger partial charge in [-0.3, -0.25) is 0 Å². The van der Waals surface area contributed by atoms with Crippen LogP contribution in [0.15, 0.2) is 0 Å². The SMILES string of the molecule is Cc1c(C)c(C)c(C(N)CC2CCCCCC2)c(C)c1C. The average Bonchev–Trinajstić information content (AvgIpc) is 2.72. The van der Waals surface area contributed by atoms with Gasteiger partial charge in [0, 0.05) is 6.04 Å². The molecule has 2 N–H and O–H groups in total. The zero-order valence-corrected chi connectivity index (χ0v) is 14.7. The van der Waals surface area contributed by atoms with Crippen LogP contribution in [0, 0.1) is 40.5 Å². The molecule has 1 aliphatic carbocycles. The number of hydrogen-bond acceptors (Lipinski definition) is 1. The second-order valence-corrected chi connectivity index (χ2v) is 7.24. The molecule has 1 atom stereocenters. The van der Waals surface area contributed by atoms with E-state index >= 15 is 0 Å². The topological polar surface area (TPSA) is 26.0 Å². The van der Waals surface area contributed by atoms with Crippen molar-refractivity contribution in [3.05, 3.63) is 33.4 Å². The maximum absolute atomic E-state index is 6.67. The molecule has 0 bridgehead atoms. The largest absolute Gasteiger partial charge is 0.324 e. The lowest BCUT2D eigenvalue weighted by Gasteiger charge is -2.26. The number of hydrogen-bond donors (Lipinski definition) is 1. The third-order valence-corrected chi connectivity index (χ3v) is 5.99. The van der Waals surface area contributed by atoms with E-state index in [4.69, 9.17) is 5.73 Å². The fourth-order valence-corrected chi connectivity index (χ4v) is 4.16. The van der Waals surface area contributed by atoms with Gasteiger partial charge in [-0.15, -0.1) is 0 Å². The summed E-state index contributed by atoms with van der Waals surface area (Å²) >= 11 is 0. The lowest BCUT2D eigenvalue weighted by Crippen LogP contribution is -2.19. The average molecular weight is 287 g/mol. The van der Waals surface area contributed by atoms with E-state index in [1.54, 1.807) is 0 Å². The molecule has 0 radical (unpaired) electrons. The maximum atomic E-state index is 6.67. The lowest BCUT2D eigenvalue weighted by atomic mass is 9.82. The van der Waals surface area contributed by atoms with Crippen LogP contribution in [-0.2, 0) is 0 Å². The third-order valence-electron chi connectivity index (χ3n) is 5.99. The van der Waals surface area contributed by atoms with Gasteiger partial charge >= 0.3 is 0 Å². The van der Waals surface area contributed by atoms with Crippen molar-refractivity contribution in [2.24, 2.45) is 11.7 Å². The summed E-state index contributed by atoms with van der Waals surface area (Å²) in [4.78, 5) is 0. The van der Waals surface area contributed by atoms with Gasteiger partial charge in [0.1, 0.15) is 0 Å². The minimum absolute atomic E-state index is 0.214. The summed E-state index contributed by atoms with van der Waals surface area (Å²) in [5.41, 5.74) is 15.3. The van der Waals surface area contributed by atoms with Crippen LogP contribution in [0.2, 0.25) is 0 Å². The summed E-state index contributed by atoms with van der Waals surface area (Å²) < 4.78 is 0.